The number of hydrogen-bond acceptors (Lipinski definition) is 3. The maximum Gasteiger partial charge on any atom is 0.171 e. The molecule has 0 aromatic heterocycles. The molecule has 1 atom stereocenters. The van der Waals surface area contributed by atoms with Gasteiger partial charge in [-0.3, -0.25) is 0 Å². The summed E-state index contributed by atoms with van der Waals surface area (Å²) >= 11 is 5.57. The summed E-state index contributed by atoms with van der Waals surface area (Å²) < 4.78 is 11.5. The Hall–Kier alpha value is -2.27. The molecule has 1 aliphatic rings. The minimum absolute atomic E-state index is 0.0498. The van der Waals surface area contributed by atoms with Crippen molar-refractivity contribution >= 4 is 23.0 Å². The van der Waals surface area contributed by atoms with E-state index in [-0.39, 0.29) is 11.6 Å². The first kappa shape index (κ1) is 19.5. The standard InChI is InChI=1S/C22H28N2O2S/c1-14(2)15-6-8-16(9-7-15)23-21(27)24-19-13-22(3,4)26-20-11-10-17(25-5)12-18(19)20/h6-12,14,19H,13H2,1-5H3,(H2,23,24,27)/t19-/m0/s1. The molecular weight excluding hydrogens is 356 g/mol. The van der Waals surface area contributed by atoms with Crippen molar-refractivity contribution in [3.05, 3.63) is 53.6 Å². The average Bonchev–Trinajstić information content (AvgIpc) is 2.61. The minimum atomic E-state index is -0.270. The summed E-state index contributed by atoms with van der Waals surface area (Å²) in [6.45, 7) is 8.56. The van der Waals surface area contributed by atoms with E-state index in [0.29, 0.717) is 11.0 Å². The Kier molecular flexibility index (Phi) is 5.61. The molecule has 144 valence electrons. The highest BCUT2D eigenvalue weighted by atomic mass is 32.1. The lowest BCUT2D eigenvalue weighted by Crippen LogP contribution is -2.42. The van der Waals surface area contributed by atoms with Crippen molar-refractivity contribution < 1.29 is 9.47 Å². The number of rotatable bonds is 4. The molecule has 0 aliphatic carbocycles. The van der Waals surface area contributed by atoms with Gasteiger partial charge in [0.15, 0.2) is 5.11 Å². The van der Waals surface area contributed by atoms with Crippen LogP contribution in [0.25, 0.3) is 0 Å². The van der Waals surface area contributed by atoms with Crippen molar-refractivity contribution in [1.29, 1.82) is 0 Å². The van der Waals surface area contributed by atoms with E-state index in [4.69, 9.17) is 21.7 Å². The third-order valence-electron chi connectivity index (χ3n) is 4.81. The number of anilines is 1. The summed E-state index contributed by atoms with van der Waals surface area (Å²) in [5.41, 5.74) is 3.09. The Morgan fingerprint density at radius 2 is 1.89 bits per heavy atom. The van der Waals surface area contributed by atoms with E-state index in [1.165, 1.54) is 5.56 Å². The first-order valence-corrected chi connectivity index (χ1v) is 9.72. The number of fused-ring (bicyclic) bond motifs is 1. The molecule has 0 bridgehead atoms. The van der Waals surface area contributed by atoms with Crippen LogP contribution in [0.5, 0.6) is 11.5 Å². The number of methoxy groups -OCH3 is 1. The number of nitrogens with one attached hydrogen (secondary N) is 2. The molecule has 2 aromatic rings. The van der Waals surface area contributed by atoms with E-state index in [1.807, 2.05) is 18.2 Å². The lowest BCUT2D eigenvalue weighted by atomic mass is 9.89. The van der Waals surface area contributed by atoms with Crippen molar-refractivity contribution in [3.63, 3.8) is 0 Å². The maximum absolute atomic E-state index is 6.13. The van der Waals surface area contributed by atoms with Gasteiger partial charge in [-0.05, 0) is 67.9 Å². The summed E-state index contributed by atoms with van der Waals surface area (Å²) in [5, 5.41) is 7.34. The van der Waals surface area contributed by atoms with Crippen molar-refractivity contribution in [3.8, 4) is 11.5 Å². The molecule has 1 heterocycles. The van der Waals surface area contributed by atoms with Crippen molar-refractivity contribution in [2.45, 2.75) is 51.7 Å². The number of benzene rings is 2. The van der Waals surface area contributed by atoms with E-state index < -0.39 is 0 Å². The molecule has 1 aliphatic heterocycles. The summed E-state index contributed by atoms with van der Waals surface area (Å²) in [6.07, 6.45) is 0.807. The highest BCUT2D eigenvalue weighted by molar-refractivity contribution is 7.80. The Balaban J connectivity index is 1.75. The van der Waals surface area contributed by atoms with Gasteiger partial charge in [0.05, 0.1) is 13.2 Å². The van der Waals surface area contributed by atoms with Gasteiger partial charge >= 0.3 is 0 Å². The number of thiocarbonyl (C=S) groups is 1. The van der Waals surface area contributed by atoms with Gasteiger partial charge in [-0.25, -0.2) is 0 Å². The smallest absolute Gasteiger partial charge is 0.171 e. The van der Waals surface area contributed by atoms with Crippen LogP contribution >= 0.6 is 12.2 Å². The van der Waals surface area contributed by atoms with E-state index in [1.54, 1.807) is 7.11 Å². The Morgan fingerprint density at radius 1 is 1.19 bits per heavy atom. The van der Waals surface area contributed by atoms with Crippen molar-refractivity contribution in [2.75, 3.05) is 12.4 Å². The summed E-state index contributed by atoms with van der Waals surface area (Å²) in [4.78, 5) is 0. The molecule has 0 spiro atoms. The Labute approximate surface area is 167 Å². The van der Waals surface area contributed by atoms with Crippen LogP contribution < -0.4 is 20.1 Å². The lowest BCUT2D eigenvalue weighted by Gasteiger charge is -2.38. The zero-order chi connectivity index (χ0) is 19.6. The molecule has 0 radical (unpaired) electrons. The van der Waals surface area contributed by atoms with Crippen LogP contribution in [0.3, 0.4) is 0 Å². The summed E-state index contributed by atoms with van der Waals surface area (Å²) in [7, 11) is 1.67. The fourth-order valence-electron chi connectivity index (χ4n) is 3.37. The predicted molar refractivity (Wildman–Crippen MR) is 115 cm³/mol. The fourth-order valence-corrected chi connectivity index (χ4v) is 3.63. The van der Waals surface area contributed by atoms with E-state index in [0.717, 1.165) is 29.2 Å². The van der Waals surface area contributed by atoms with Crippen molar-refractivity contribution in [1.82, 2.24) is 5.32 Å². The molecule has 2 aromatic carbocycles. The van der Waals surface area contributed by atoms with Gasteiger partial charge in [0.25, 0.3) is 0 Å². The first-order valence-electron chi connectivity index (χ1n) is 9.32. The third-order valence-corrected chi connectivity index (χ3v) is 5.03. The normalized spacial score (nSPS) is 17.6. The predicted octanol–water partition coefficient (Wildman–Crippen LogP) is 5.41. The quantitative estimate of drug-likeness (QED) is 0.690. The second-order valence-electron chi connectivity index (χ2n) is 7.90. The molecule has 4 nitrogen and oxygen atoms in total. The zero-order valence-electron chi connectivity index (χ0n) is 16.6. The van der Waals surface area contributed by atoms with Crippen molar-refractivity contribution in [2.24, 2.45) is 0 Å². The second-order valence-corrected chi connectivity index (χ2v) is 8.31. The summed E-state index contributed by atoms with van der Waals surface area (Å²) in [6, 6.07) is 14.3. The highest BCUT2D eigenvalue weighted by Gasteiger charge is 2.34. The van der Waals surface area contributed by atoms with Crippen LogP contribution in [0.15, 0.2) is 42.5 Å². The molecule has 27 heavy (non-hydrogen) atoms. The SMILES string of the molecule is COc1ccc2c(c1)[C@@H](NC(=S)Nc1ccc(C(C)C)cc1)CC(C)(C)O2. The summed E-state index contributed by atoms with van der Waals surface area (Å²) in [5.74, 6) is 2.20. The molecular formula is C22H28N2O2S. The van der Waals surface area contributed by atoms with Crippen LogP contribution in [0.2, 0.25) is 0 Å². The molecule has 0 saturated heterocycles. The fraction of sp³-hybridized carbons (Fsp3) is 0.409. The van der Waals surface area contributed by atoms with Crippen LogP contribution in [-0.2, 0) is 0 Å². The van der Waals surface area contributed by atoms with E-state index in [2.05, 4.69) is 62.6 Å². The third kappa shape index (κ3) is 4.72. The van der Waals surface area contributed by atoms with Gasteiger partial charge in [0, 0.05) is 17.7 Å². The monoisotopic (exact) mass is 384 g/mol. The van der Waals surface area contributed by atoms with Gasteiger partial charge in [0.1, 0.15) is 17.1 Å². The number of ether oxygens (including phenoxy) is 2. The van der Waals surface area contributed by atoms with Crippen LogP contribution in [-0.4, -0.2) is 17.8 Å². The van der Waals surface area contributed by atoms with Gasteiger partial charge in [-0.1, -0.05) is 26.0 Å². The minimum Gasteiger partial charge on any atom is -0.497 e. The highest BCUT2D eigenvalue weighted by Crippen LogP contribution is 2.41. The molecule has 0 fully saturated rings. The van der Waals surface area contributed by atoms with E-state index >= 15 is 0 Å². The van der Waals surface area contributed by atoms with Gasteiger partial charge in [-0.15, -0.1) is 0 Å². The largest absolute Gasteiger partial charge is 0.497 e. The Morgan fingerprint density at radius 3 is 2.52 bits per heavy atom. The van der Waals surface area contributed by atoms with Gasteiger partial charge < -0.3 is 20.1 Å². The number of hydrogen-bond donors (Lipinski definition) is 2. The molecule has 0 unspecified atom stereocenters. The van der Waals surface area contributed by atoms with Gasteiger partial charge in [0.2, 0.25) is 0 Å². The Bertz CT molecular complexity index is 816. The zero-order valence-corrected chi connectivity index (χ0v) is 17.4. The molecule has 0 amide bonds. The van der Waals surface area contributed by atoms with Crippen LogP contribution in [0.1, 0.15) is 57.2 Å². The molecule has 0 saturated carbocycles. The second kappa shape index (κ2) is 7.77. The van der Waals surface area contributed by atoms with E-state index in [9.17, 15) is 0 Å². The van der Waals surface area contributed by atoms with Gasteiger partial charge in [-0.2, -0.15) is 0 Å². The first-order chi connectivity index (χ1) is 12.8. The topological polar surface area (TPSA) is 42.5 Å². The maximum atomic E-state index is 6.13. The molecule has 3 rings (SSSR count). The molecule has 2 N–H and O–H groups in total. The lowest BCUT2D eigenvalue weighted by molar-refractivity contribution is 0.0695. The van der Waals surface area contributed by atoms with Crippen LogP contribution in [0.4, 0.5) is 5.69 Å². The molecule has 5 heteroatoms. The van der Waals surface area contributed by atoms with Crippen LogP contribution in [0, 0.1) is 0 Å². The average molecular weight is 385 g/mol.